The van der Waals surface area contributed by atoms with E-state index in [-0.39, 0.29) is 6.42 Å². The fourth-order valence-electron chi connectivity index (χ4n) is 2.71. The van der Waals surface area contributed by atoms with E-state index in [4.69, 9.17) is 4.74 Å². The lowest BCUT2D eigenvalue weighted by atomic mass is 10.0. The van der Waals surface area contributed by atoms with Crippen LogP contribution in [0.4, 0.5) is 4.79 Å². The first-order valence-electron chi connectivity index (χ1n) is 10.2. The number of carbonyl (C=O) groups is 4. The number of alkyl carbamates (subject to hydrolysis) is 1. The maximum absolute atomic E-state index is 13.0. The number of rotatable bonds is 9. The van der Waals surface area contributed by atoms with E-state index in [1.165, 1.54) is 21.0 Å². The minimum atomic E-state index is -1.37. The molecule has 1 aromatic rings. The minimum Gasteiger partial charge on any atom is -0.467 e. The van der Waals surface area contributed by atoms with Crippen molar-refractivity contribution >= 4 is 23.9 Å². The van der Waals surface area contributed by atoms with Crippen LogP contribution in [0.15, 0.2) is 30.3 Å². The van der Waals surface area contributed by atoms with Crippen LogP contribution in [0.25, 0.3) is 0 Å². The van der Waals surface area contributed by atoms with E-state index >= 15 is 0 Å². The van der Waals surface area contributed by atoms with Gasteiger partial charge >= 0.3 is 12.1 Å². The Morgan fingerprint density at radius 1 is 0.969 bits per heavy atom. The Bertz CT molecular complexity index is 790. The Morgan fingerprint density at radius 3 is 2.06 bits per heavy atom. The number of esters is 1. The van der Waals surface area contributed by atoms with E-state index in [1.54, 1.807) is 45.0 Å². The molecule has 10 nitrogen and oxygen atoms in total. The number of aliphatic hydroxyl groups excluding tert-OH is 1. The summed E-state index contributed by atoms with van der Waals surface area (Å²) in [5.41, 5.74) is -0.00901. The molecular weight excluding hydrogens is 418 g/mol. The summed E-state index contributed by atoms with van der Waals surface area (Å²) in [5.74, 6) is -2.16. The lowest BCUT2D eigenvalue weighted by molar-refractivity contribution is -0.145. The van der Waals surface area contributed by atoms with Crippen molar-refractivity contribution in [2.24, 2.45) is 0 Å². The second-order valence-corrected chi connectivity index (χ2v) is 8.37. The van der Waals surface area contributed by atoms with Crippen molar-refractivity contribution < 1.29 is 33.8 Å². The first kappa shape index (κ1) is 26.9. The molecular formula is C22H33N3O7. The molecule has 0 heterocycles. The van der Waals surface area contributed by atoms with Gasteiger partial charge in [0.1, 0.15) is 23.7 Å². The molecule has 4 atom stereocenters. The third-order valence-corrected chi connectivity index (χ3v) is 4.27. The van der Waals surface area contributed by atoms with E-state index in [0.29, 0.717) is 0 Å². The molecule has 1 aromatic carbocycles. The van der Waals surface area contributed by atoms with Crippen molar-refractivity contribution in [1.82, 2.24) is 16.0 Å². The van der Waals surface area contributed by atoms with E-state index in [1.807, 2.05) is 6.07 Å². The summed E-state index contributed by atoms with van der Waals surface area (Å²) in [6.45, 7) is 7.80. The molecule has 0 aromatic heterocycles. The van der Waals surface area contributed by atoms with Gasteiger partial charge in [-0.3, -0.25) is 9.59 Å². The quantitative estimate of drug-likeness (QED) is 0.404. The highest BCUT2D eigenvalue weighted by Gasteiger charge is 2.32. The Morgan fingerprint density at radius 2 is 1.56 bits per heavy atom. The number of methoxy groups -OCH3 is 1. The molecule has 0 bridgehead atoms. The zero-order valence-electron chi connectivity index (χ0n) is 19.3. The van der Waals surface area contributed by atoms with Crippen molar-refractivity contribution in [2.45, 2.75) is 70.9 Å². The molecule has 0 unspecified atom stereocenters. The fraction of sp³-hybridized carbons (Fsp3) is 0.545. The number of ether oxygens (including phenoxy) is 2. The van der Waals surface area contributed by atoms with Gasteiger partial charge in [0.15, 0.2) is 0 Å². The zero-order valence-corrected chi connectivity index (χ0v) is 19.3. The van der Waals surface area contributed by atoms with Gasteiger partial charge < -0.3 is 30.5 Å². The molecule has 0 aliphatic heterocycles. The minimum absolute atomic E-state index is 0.124. The number of nitrogens with one attached hydrogen (secondary N) is 3. The number of hydrogen-bond acceptors (Lipinski definition) is 7. The smallest absolute Gasteiger partial charge is 0.408 e. The first-order valence-corrected chi connectivity index (χ1v) is 10.2. The zero-order chi connectivity index (χ0) is 24.5. The molecule has 0 saturated heterocycles. The molecule has 0 aliphatic rings. The second-order valence-electron chi connectivity index (χ2n) is 8.37. The maximum Gasteiger partial charge on any atom is 0.408 e. The lowest BCUT2D eigenvalue weighted by Crippen LogP contribution is -2.59. The molecule has 4 N–H and O–H groups in total. The monoisotopic (exact) mass is 451 g/mol. The SMILES string of the molecule is COC(=O)[C@H](C)NC(=O)[C@@H](NC(=O)[C@H](Cc1ccccc1)NC(=O)OC(C)(C)C)[C@@H](C)O. The molecule has 3 amide bonds. The average Bonchev–Trinajstić information content (AvgIpc) is 2.69. The summed E-state index contributed by atoms with van der Waals surface area (Å²) in [5, 5.41) is 17.4. The van der Waals surface area contributed by atoms with Crippen LogP contribution in [-0.4, -0.2) is 65.9 Å². The Balaban J connectivity index is 3.00. The number of hydrogen-bond donors (Lipinski definition) is 4. The predicted octanol–water partition coefficient (Wildman–Crippen LogP) is 0.666. The average molecular weight is 452 g/mol. The standard InChI is InChI=1S/C22H33N3O7/c1-13(20(29)31-6)23-19(28)17(14(2)26)25-18(27)16(12-15-10-8-7-9-11-15)24-21(30)32-22(3,4)5/h7-11,13-14,16-17,26H,12H2,1-6H3,(H,23,28)(H,24,30)(H,25,27)/t13-,14+,16-,17-/m0/s1. The van der Waals surface area contributed by atoms with E-state index in [2.05, 4.69) is 20.7 Å². The van der Waals surface area contributed by atoms with Crippen LogP contribution in [0.5, 0.6) is 0 Å². The van der Waals surface area contributed by atoms with Gasteiger partial charge in [0.25, 0.3) is 0 Å². The third-order valence-electron chi connectivity index (χ3n) is 4.27. The largest absolute Gasteiger partial charge is 0.467 e. The third kappa shape index (κ3) is 9.34. The topological polar surface area (TPSA) is 143 Å². The highest BCUT2D eigenvalue weighted by Crippen LogP contribution is 2.09. The summed E-state index contributed by atoms with van der Waals surface area (Å²) in [6.07, 6.45) is -1.95. The van der Waals surface area contributed by atoms with Crippen LogP contribution in [0, 0.1) is 0 Å². The molecule has 178 valence electrons. The van der Waals surface area contributed by atoms with Crippen LogP contribution in [-0.2, 0) is 30.3 Å². The van der Waals surface area contributed by atoms with Crippen molar-refractivity contribution in [3.05, 3.63) is 35.9 Å². The number of amides is 3. The van der Waals surface area contributed by atoms with Crippen molar-refractivity contribution in [1.29, 1.82) is 0 Å². The summed E-state index contributed by atoms with van der Waals surface area (Å²) in [4.78, 5) is 49.4. The van der Waals surface area contributed by atoms with Crippen LogP contribution >= 0.6 is 0 Å². The van der Waals surface area contributed by atoms with E-state index < -0.39 is 53.7 Å². The predicted molar refractivity (Wildman–Crippen MR) is 117 cm³/mol. The van der Waals surface area contributed by atoms with Crippen molar-refractivity contribution in [3.63, 3.8) is 0 Å². The molecule has 10 heteroatoms. The van der Waals surface area contributed by atoms with Crippen molar-refractivity contribution in [3.8, 4) is 0 Å². The van der Waals surface area contributed by atoms with Gasteiger partial charge in [0, 0.05) is 6.42 Å². The molecule has 32 heavy (non-hydrogen) atoms. The van der Waals surface area contributed by atoms with Gasteiger partial charge in [-0.1, -0.05) is 30.3 Å². The van der Waals surface area contributed by atoms with Gasteiger partial charge in [-0.15, -0.1) is 0 Å². The van der Waals surface area contributed by atoms with Gasteiger partial charge in [-0.25, -0.2) is 9.59 Å². The van der Waals surface area contributed by atoms with Crippen molar-refractivity contribution in [2.75, 3.05) is 7.11 Å². The van der Waals surface area contributed by atoms with Gasteiger partial charge in [0.2, 0.25) is 11.8 Å². The molecule has 0 spiro atoms. The molecule has 0 radical (unpaired) electrons. The molecule has 0 aliphatic carbocycles. The Kier molecular flexibility index (Phi) is 10.1. The molecule has 0 saturated carbocycles. The summed E-state index contributed by atoms with van der Waals surface area (Å²) >= 11 is 0. The Labute approximate surface area is 188 Å². The van der Waals surface area contributed by atoms with E-state index in [9.17, 15) is 24.3 Å². The van der Waals surface area contributed by atoms with Gasteiger partial charge in [-0.2, -0.15) is 0 Å². The maximum atomic E-state index is 13.0. The number of aliphatic hydroxyl groups is 1. The van der Waals surface area contributed by atoms with Crippen LogP contribution in [0.3, 0.4) is 0 Å². The summed E-state index contributed by atoms with van der Waals surface area (Å²) in [7, 11) is 1.18. The van der Waals surface area contributed by atoms with Crippen LogP contribution in [0.2, 0.25) is 0 Å². The van der Waals surface area contributed by atoms with Crippen LogP contribution in [0.1, 0.15) is 40.2 Å². The van der Waals surface area contributed by atoms with Crippen LogP contribution < -0.4 is 16.0 Å². The molecule has 1 rings (SSSR count). The first-order chi connectivity index (χ1) is 14.8. The Hall–Kier alpha value is -3.14. The highest BCUT2D eigenvalue weighted by molar-refractivity contribution is 5.93. The van der Waals surface area contributed by atoms with E-state index in [0.717, 1.165) is 5.56 Å². The fourth-order valence-corrected chi connectivity index (χ4v) is 2.71. The summed E-state index contributed by atoms with van der Waals surface area (Å²) in [6, 6.07) is 5.53. The highest BCUT2D eigenvalue weighted by atomic mass is 16.6. The normalized spacial score (nSPS) is 14.8. The van der Waals surface area contributed by atoms with Gasteiger partial charge in [-0.05, 0) is 40.2 Å². The molecule has 0 fully saturated rings. The number of benzene rings is 1. The summed E-state index contributed by atoms with van der Waals surface area (Å²) < 4.78 is 9.79. The lowest BCUT2D eigenvalue weighted by Gasteiger charge is -2.26. The second kappa shape index (κ2) is 12.0. The number of carbonyl (C=O) groups excluding carboxylic acids is 4. The van der Waals surface area contributed by atoms with Gasteiger partial charge in [0.05, 0.1) is 13.2 Å².